The van der Waals surface area contributed by atoms with Gasteiger partial charge in [-0.2, -0.15) is 11.3 Å². The minimum absolute atomic E-state index is 0.639. The number of hydrogen-bond acceptors (Lipinski definition) is 4. The molecular formula is C9H8BrN3S. The average Bonchev–Trinajstić information content (AvgIpc) is 2.65. The van der Waals surface area contributed by atoms with Crippen LogP contribution in [0.2, 0.25) is 0 Å². The molecule has 2 aromatic heterocycles. The van der Waals surface area contributed by atoms with Gasteiger partial charge in [-0.25, -0.2) is 9.97 Å². The molecule has 0 aliphatic heterocycles. The first kappa shape index (κ1) is 9.61. The molecule has 0 spiro atoms. The van der Waals surface area contributed by atoms with Gasteiger partial charge in [-0.05, 0) is 22.0 Å². The molecule has 2 aromatic rings. The summed E-state index contributed by atoms with van der Waals surface area (Å²) in [5.74, 6) is 0.639. The lowest BCUT2D eigenvalue weighted by atomic mass is 10.2. The monoisotopic (exact) mass is 269 g/mol. The Labute approximate surface area is 94.4 Å². The van der Waals surface area contributed by atoms with Crippen molar-refractivity contribution in [1.82, 2.24) is 9.97 Å². The van der Waals surface area contributed by atoms with E-state index in [1.165, 1.54) is 0 Å². The van der Waals surface area contributed by atoms with Crippen LogP contribution in [0.25, 0.3) is 11.3 Å². The largest absolute Gasteiger partial charge is 0.357 e. The van der Waals surface area contributed by atoms with Crippen molar-refractivity contribution < 1.29 is 0 Å². The normalized spacial score (nSPS) is 10.1. The Morgan fingerprint density at radius 3 is 2.93 bits per heavy atom. The van der Waals surface area contributed by atoms with E-state index in [0.717, 1.165) is 15.7 Å². The number of aromatic nitrogens is 2. The summed E-state index contributed by atoms with van der Waals surface area (Å²) in [4.78, 5) is 8.41. The van der Waals surface area contributed by atoms with Gasteiger partial charge >= 0.3 is 0 Å². The highest BCUT2D eigenvalue weighted by atomic mass is 79.9. The molecule has 0 amide bonds. The maximum absolute atomic E-state index is 4.35. The van der Waals surface area contributed by atoms with Crippen molar-refractivity contribution in [2.24, 2.45) is 0 Å². The number of anilines is 1. The molecule has 0 aromatic carbocycles. The Morgan fingerprint density at radius 2 is 2.29 bits per heavy atom. The SMILES string of the molecule is CNc1nccc(-c2cscc2Br)n1. The molecule has 2 heterocycles. The Kier molecular flexibility index (Phi) is 2.79. The quantitative estimate of drug-likeness (QED) is 0.911. The van der Waals surface area contributed by atoms with Crippen LogP contribution in [0.5, 0.6) is 0 Å². The van der Waals surface area contributed by atoms with Crippen LogP contribution >= 0.6 is 27.3 Å². The smallest absolute Gasteiger partial charge is 0.222 e. The van der Waals surface area contributed by atoms with Crippen LogP contribution in [0.1, 0.15) is 0 Å². The van der Waals surface area contributed by atoms with Crippen molar-refractivity contribution in [3.05, 3.63) is 27.5 Å². The summed E-state index contributed by atoms with van der Waals surface area (Å²) in [6, 6.07) is 1.90. The Bertz CT molecular complexity index is 441. The molecule has 3 nitrogen and oxygen atoms in total. The first-order valence-corrected chi connectivity index (χ1v) is 5.77. The first-order valence-electron chi connectivity index (χ1n) is 4.04. The maximum atomic E-state index is 4.35. The highest BCUT2D eigenvalue weighted by Crippen LogP contribution is 2.30. The van der Waals surface area contributed by atoms with Crippen molar-refractivity contribution in [2.45, 2.75) is 0 Å². The number of hydrogen-bond donors (Lipinski definition) is 1. The lowest BCUT2D eigenvalue weighted by Crippen LogP contribution is -1.96. The second kappa shape index (κ2) is 4.06. The Hall–Kier alpha value is -0.940. The predicted molar refractivity (Wildman–Crippen MR) is 62.6 cm³/mol. The standard InChI is InChI=1S/C9H8BrN3S/c1-11-9-12-3-2-8(13-9)6-4-14-5-7(6)10/h2-5H,1H3,(H,11,12,13). The van der Waals surface area contributed by atoms with Gasteiger partial charge in [0.25, 0.3) is 0 Å². The molecule has 0 radical (unpaired) electrons. The summed E-state index contributed by atoms with van der Waals surface area (Å²) in [5.41, 5.74) is 2.03. The van der Waals surface area contributed by atoms with Crippen LogP contribution in [-0.4, -0.2) is 17.0 Å². The van der Waals surface area contributed by atoms with Crippen LogP contribution in [0, 0.1) is 0 Å². The minimum Gasteiger partial charge on any atom is -0.357 e. The molecular weight excluding hydrogens is 262 g/mol. The summed E-state index contributed by atoms with van der Waals surface area (Å²) < 4.78 is 1.07. The molecule has 0 fully saturated rings. The lowest BCUT2D eigenvalue weighted by molar-refractivity contribution is 1.15. The van der Waals surface area contributed by atoms with Crippen LogP contribution in [0.4, 0.5) is 5.95 Å². The van der Waals surface area contributed by atoms with E-state index in [1.807, 2.05) is 18.5 Å². The summed E-state index contributed by atoms with van der Waals surface area (Å²) in [6.45, 7) is 0. The summed E-state index contributed by atoms with van der Waals surface area (Å²) in [5, 5.41) is 7.01. The highest BCUT2D eigenvalue weighted by Gasteiger charge is 2.05. The van der Waals surface area contributed by atoms with E-state index in [9.17, 15) is 0 Å². The van der Waals surface area contributed by atoms with Gasteiger partial charge in [0, 0.05) is 34.0 Å². The summed E-state index contributed by atoms with van der Waals surface area (Å²) in [7, 11) is 1.81. The fourth-order valence-corrected chi connectivity index (χ4v) is 2.58. The molecule has 0 bridgehead atoms. The molecule has 0 aliphatic rings. The van der Waals surface area contributed by atoms with Crippen LogP contribution in [0.3, 0.4) is 0 Å². The van der Waals surface area contributed by atoms with Crippen molar-refractivity contribution in [1.29, 1.82) is 0 Å². The van der Waals surface area contributed by atoms with E-state index in [4.69, 9.17) is 0 Å². The third-order valence-electron chi connectivity index (χ3n) is 1.77. The summed E-state index contributed by atoms with van der Waals surface area (Å²) >= 11 is 5.13. The number of nitrogens with zero attached hydrogens (tertiary/aromatic N) is 2. The van der Waals surface area contributed by atoms with Gasteiger partial charge in [-0.1, -0.05) is 0 Å². The molecule has 0 saturated heterocycles. The average molecular weight is 270 g/mol. The number of halogens is 1. The molecule has 14 heavy (non-hydrogen) atoms. The molecule has 0 unspecified atom stereocenters. The second-order valence-electron chi connectivity index (χ2n) is 2.65. The minimum atomic E-state index is 0.639. The molecule has 0 atom stereocenters. The number of nitrogens with one attached hydrogen (secondary N) is 1. The van der Waals surface area contributed by atoms with E-state index in [-0.39, 0.29) is 0 Å². The van der Waals surface area contributed by atoms with E-state index in [1.54, 1.807) is 17.5 Å². The van der Waals surface area contributed by atoms with Gasteiger partial charge < -0.3 is 5.32 Å². The van der Waals surface area contributed by atoms with E-state index >= 15 is 0 Å². The molecule has 1 N–H and O–H groups in total. The van der Waals surface area contributed by atoms with Crippen molar-refractivity contribution in [3.8, 4) is 11.3 Å². The van der Waals surface area contributed by atoms with Gasteiger partial charge in [-0.3, -0.25) is 0 Å². The van der Waals surface area contributed by atoms with Crippen LogP contribution in [-0.2, 0) is 0 Å². The first-order chi connectivity index (χ1) is 6.81. The zero-order valence-electron chi connectivity index (χ0n) is 7.49. The fraction of sp³-hybridized carbons (Fsp3) is 0.111. The van der Waals surface area contributed by atoms with Gasteiger partial charge in [0.05, 0.1) is 5.69 Å². The predicted octanol–water partition coefficient (Wildman–Crippen LogP) is 3.01. The fourth-order valence-electron chi connectivity index (χ4n) is 1.09. The van der Waals surface area contributed by atoms with Crippen LogP contribution in [0.15, 0.2) is 27.5 Å². The third kappa shape index (κ3) is 1.78. The van der Waals surface area contributed by atoms with E-state index in [0.29, 0.717) is 5.95 Å². The van der Waals surface area contributed by atoms with E-state index in [2.05, 4.69) is 36.6 Å². The zero-order valence-corrected chi connectivity index (χ0v) is 9.89. The van der Waals surface area contributed by atoms with Crippen molar-refractivity contribution in [2.75, 3.05) is 12.4 Å². The topological polar surface area (TPSA) is 37.8 Å². The third-order valence-corrected chi connectivity index (χ3v) is 3.47. The molecule has 0 aliphatic carbocycles. The Balaban J connectivity index is 2.47. The molecule has 5 heteroatoms. The number of rotatable bonds is 2. The molecule has 2 rings (SSSR count). The maximum Gasteiger partial charge on any atom is 0.222 e. The molecule has 0 saturated carbocycles. The zero-order chi connectivity index (χ0) is 9.97. The van der Waals surface area contributed by atoms with Crippen molar-refractivity contribution >= 4 is 33.2 Å². The highest BCUT2D eigenvalue weighted by molar-refractivity contribution is 9.10. The Morgan fingerprint density at radius 1 is 1.43 bits per heavy atom. The lowest BCUT2D eigenvalue weighted by Gasteiger charge is -2.01. The van der Waals surface area contributed by atoms with Gasteiger partial charge in [-0.15, -0.1) is 0 Å². The van der Waals surface area contributed by atoms with Crippen LogP contribution < -0.4 is 5.32 Å². The van der Waals surface area contributed by atoms with Gasteiger partial charge in [0.2, 0.25) is 5.95 Å². The van der Waals surface area contributed by atoms with Crippen molar-refractivity contribution in [3.63, 3.8) is 0 Å². The van der Waals surface area contributed by atoms with E-state index < -0.39 is 0 Å². The molecule has 72 valence electrons. The second-order valence-corrected chi connectivity index (χ2v) is 4.25. The summed E-state index contributed by atoms with van der Waals surface area (Å²) in [6.07, 6.45) is 1.75. The number of thiophene rings is 1. The van der Waals surface area contributed by atoms with Gasteiger partial charge in [0.15, 0.2) is 0 Å². The van der Waals surface area contributed by atoms with Gasteiger partial charge in [0.1, 0.15) is 0 Å².